The molecule has 21 heavy (non-hydrogen) atoms. The van der Waals surface area contributed by atoms with Crippen LogP contribution in [0.2, 0.25) is 0 Å². The number of aryl methyl sites for hydroxylation is 1. The summed E-state index contributed by atoms with van der Waals surface area (Å²) in [4.78, 5) is 11.5. The van der Waals surface area contributed by atoms with Crippen molar-refractivity contribution in [3.8, 4) is 0 Å². The molecule has 0 aliphatic heterocycles. The van der Waals surface area contributed by atoms with E-state index in [0.717, 1.165) is 5.56 Å². The van der Waals surface area contributed by atoms with Crippen molar-refractivity contribution < 1.29 is 13.9 Å². The van der Waals surface area contributed by atoms with Gasteiger partial charge in [0.1, 0.15) is 5.82 Å². The van der Waals surface area contributed by atoms with E-state index in [9.17, 15) is 9.18 Å². The zero-order valence-electron chi connectivity index (χ0n) is 11.5. The van der Waals surface area contributed by atoms with E-state index >= 15 is 0 Å². The van der Waals surface area contributed by atoms with Crippen LogP contribution in [-0.2, 0) is 4.74 Å². The van der Waals surface area contributed by atoms with Gasteiger partial charge in [-0.05, 0) is 58.7 Å². The second-order valence-corrected chi connectivity index (χ2v) is 5.35. The van der Waals surface area contributed by atoms with Crippen LogP contribution in [0.4, 0.5) is 21.5 Å². The molecule has 2 aromatic carbocycles. The summed E-state index contributed by atoms with van der Waals surface area (Å²) in [5.41, 5.74) is 8.62. The highest BCUT2D eigenvalue weighted by Gasteiger charge is 2.11. The van der Waals surface area contributed by atoms with Crippen LogP contribution in [0.1, 0.15) is 15.9 Å². The summed E-state index contributed by atoms with van der Waals surface area (Å²) in [6.45, 7) is 1.84. The van der Waals surface area contributed by atoms with Gasteiger partial charge in [0.25, 0.3) is 0 Å². The van der Waals surface area contributed by atoms with Crippen molar-refractivity contribution in [3.63, 3.8) is 0 Å². The van der Waals surface area contributed by atoms with Gasteiger partial charge in [0, 0.05) is 5.69 Å². The predicted molar refractivity (Wildman–Crippen MR) is 84.3 cm³/mol. The van der Waals surface area contributed by atoms with Crippen molar-refractivity contribution >= 4 is 39.0 Å². The molecule has 0 fully saturated rings. The smallest absolute Gasteiger partial charge is 0.337 e. The van der Waals surface area contributed by atoms with Crippen LogP contribution in [0.15, 0.2) is 34.8 Å². The third-order valence-electron chi connectivity index (χ3n) is 3.01. The fraction of sp³-hybridized carbons (Fsp3) is 0.133. The third-order valence-corrected chi connectivity index (χ3v) is 3.62. The van der Waals surface area contributed by atoms with Crippen molar-refractivity contribution in [1.82, 2.24) is 0 Å². The normalized spacial score (nSPS) is 10.3. The molecule has 0 bridgehead atoms. The Morgan fingerprint density at radius 1 is 1.29 bits per heavy atom. The minimum atomic E-state index is -0.461. The van der Waals surface area contributed by atoms with Gasteiger partial charge in [-0.15, -0.1) is 0 Å². The van der Waals surface area contributed by atoms with Gasteiger partial charge in [0.2, 0.25) is 0 Å². The average molecular weight is 353 g/mol. The van der Waals surface area contributed by atoms with Crippen LogP contribution in [0.25, 0.3) is 0 Å². The average Bonchev–Trinajstić information content (AvgIpc) is 2.46. The first-order valence-electron chi connectivity index (χ1n) is 6.13. The van der Waals surface area contributed by atoms with Gasteiger partial charge in [-0.1, -0.05) is 0 Å². The molecule has 110 valence electrons. The predicted octanol–water partition coefficient (Wildman–Crippen LogP) is 4.01. The SMILES string of the molecule is COC(=O)c1ccc(N)c(Nc2cc(F)c(Br)cc2C)c1. The number of carbonyl (C=O) groups excluding carboxylic acids is 1. The Morgan fingerprint density at radius 3 is 2.67 bits per heavy atom. The number of halogens is 2. The lowest BCUT2D eigenvalue weighted by atomic mass is 10.1. The molecule has 4 nitrogen and oxygen atoms in total. The molecular weight excluding hydrogens is 339 g/mol. The maximum absolute atomic E-state index is 13.6. The van der Waals surface area contributed by atoms with E-state index < -0.39 is 5.97 Å². The molecule has 3 N–H and O–H groups in total. The number of hydrogen-bond donors (Lipinski definition) is 2. The van der Waals surface area contributed by atoms with E-state index in [2.05, 4.69) is 26.0 Å². The number of methoxy groups -OCH3 is 1. The van der Waals surface area contributed by atoms with E-state index in [1.807, 2.05) is 6.92 Å². The van der Waals surface area contributed by atoms with Crippen LogP contribution in [0.5, 0.6) is 0 Å². The number of carbonyl (C=O) groups is 1. The Balaban J connectivity index is 2.39. The van der Waals surface area contributed by atoms with Crippen molar-refractivity contribution in [2.24, 2.45) is 0 Å². The van der Waals surface area contributed by atoms with Gasteiger partial charge in [-0.2, -0.15) is 0 Å². The molecule has 2 rings (SSSR count). The van der Waals surface area contributed by atoms with E-state index in [-0.39, 0.29) is 5.82 Å². The maximum atomic E-state index is 13.6. The number of rotatable bonds is 3. The Bertz CT molecular complexity index is 704. The Morgan fingerprint density at radius 2 is 2.00 bits per heavy atom. The van der Waals surface area contributed by atoms with Gasteiger partial charge < -0.3 is 15.8 Å². The third kappa shape index (κ3) is 3.33. The van der Waals surface area contributed by atoms with Crippen molar-refractivity contribution in [1.29, 1.82) is 0 Å². The van der Waals surface area contributed by atoms with Gasteiger partial charge >= 0.3 is 5.97 Å². The standard InChI is InChI=1S/C15H14BrFN2O2/c1-8-5-10(16)11(17)7-13(8)19-14-6-9(15(20)21-2)3-4-12(14)18/h3-7,19H,18H2,1-2H3. The molecule has 0 amide bonds. The molecular formula is C15H14BrFN2O2. The lowest BCUT2D eigenvalue weighted by Crippen LogP contribution is -2.04. The van der Waals surface area contributed by atoms with Crippen molar-refractivity contribution in [2.45, 2.75) is 6.92 Å². The molecule has 0 aliphatic carbocycles. The molecule has 0 aromatic heterocycles. The van der Waals surface area contributed by atoms with Crippen LogP contribution in [-0.4, -0.2) is 13.1 Å². The fourth-order valence-electron chi connectivity index (χ4n) is 1.84. The first-order chi connectivity index (χ1) is 9.92. The van der Waals surface area contributed by atoms with E-state index in [0.29, 0.717) is 27.1 Å². The molecule has 0 heterocycles. The van der Waals surface area contributed by atoms with Crippen LogP contribution in [0.3, 0.4) is 0 Å². The lowest BCUT2D eigenvalue weighted by Gasteiger charge is -2.13. The molecule has 0 atom stereocenters. The summed E-state index contributed by atoms with van der Waals surface area (Å²) in [7, 11) is 1.31. The summed E-state index contributed by atoms with van der Waals surface area (Å²) in [6, 6.07) is 7.77. The monoisotopic (exact) mass is 352 g/mol. The molecule has 0 saturated carbocycles. The quantitative estimate of drug-likeness (QED) is 0.647. The van der Waals surface area contributed by atoms with Gasteiger partial charge in [-0.3, -0.25) is 0 Å². The molecule has 2 aromatic rings. The summed E-state index contributed by atoms with van der Waals surface area (Å²) in [5, 5.41) is 3.03. The van der Waals surface area contributed by atoms with Gasteiger partial charge in [0.15, 0.2) is 0 Å². The lowest BCUT2D eigenvalue weighted by molar-refractivity contribution is 0.0601. The van der Waals surface area contributed by atoms with E-state index in [4.69, 9.17) is 5.73 Å². The second kappa shape index (κ2) is 6.13. The minimum absolute atomic E-state index is 0.365. The van der Waals surface area contributed by atoms with Crippen molar-refractivity contribution in [2.75, 3.05) is 18.2 Å². The Labute approximate surface area is 130 Å². The maximum Gasteiger partial charge on any atom is 0.337 e. The highest BCUT2D eigenvalue weighted by atomic mass is 79.9. The molecule has 6 heteroatoms. The zero-order valence-corrected chi connectivity index (χ0v) is 13.1. The number of esters is 1. The zero-order chi connectivity index (χ0) is 15.6. The minimum Gasteiger partial charge on any atom is -0.465 e. The number of hydrogen-bond acceptors (Lipinski definition) is 4. The number of nitrogens with two attached hydrogens (primary N) is 1. The number of benzene rings is 2. The van der Waals surface area contributed by atoms with E-state index in [1.54, 1.807) is 24.3 Å². The number of nitrogen functional groups attached to an aromatic ring is 1. The summed E-state index contributed by atoms with van der Waals surface area (Å²) in [5.74, 6) is -0.845. The first-order valence-corrected chi connectivity index (χ1v) is 6.92. The van der Waals surface area contributed by atoms with Crippen LogP contribution in [0, 0.1) is 12.7 Å². The largest absolute Gasteiger partial charge is 0.465 e. The van der Waals surface area contributed by atoms with Crippen LogP contribution < -0.4 is 11.1 Å². The van der Waals surface area contributed by atoms with Crippen LogP contribution >= 0.6 is 15.9 Å². The summed E-state index contributed by atoms with van der Waals surface area (Å²) in [6.07, 6.45) is 0. The van der Waals surface area contributed by atoms with Crippen molar-refractivity contribution in [3.05, 3.63) is 51.7 Å². The highest BCUT2D eigenvalue weighted by molar-refractivity contribution is 9.10. The number of ether oxygens (including phenoxy) is 1. The Kier molecular flexibility index (Phi) is 4.47. The fourth-order valence-corrected chi connectivity index (χ4v) is 2.29. The molecule has 0 saturated heterocycles. The second-order valence-electron chi connectivity index (χ2n) is 4.50. The van der Waals surface area contributed by atoms with Gasteiger partial charge in [0.05, 0.1) is 28.5 Å². The molecule has 0 aliphatic rings. The molecule has 0 spiro atoms. The first kappa shape index (κ1) is 15.3. The molecule has 0 radical (unpaired) electrons. The molecule has 0 unspecified atom stereocenters. The topological polar surface area (TPSA) is 64.3 Å². The van der Waals surface area contributed by atoms with E-state index in [1.165, 1.54) is 13.2 Å². The van der Waals surface area contributed by atoms with Gasteiger partial charge in [-0.25, -0.2) is 9.18 Å². The number of anilines is 3. The highest BCUT2D eigenvalue weighted by Crippen LogP contribution is 2.29. The summed E-state index contributed by atoms with van der Waals surface area (Å²) >= 11 is 3.13. The Hall–Kier alpha value is -2.08. The summed E-state index contributed by atoms with van der Waals surface area (Å²) < 4.78 is 18.7. The number of nitrogens with one attached hydrogen (secondary N) is 1.